The van der Waals surface area contributed by atoms with Crippen molar-refractivity contribution in [2.24, 2.45) is 0 Å². The van der Waals surface area contributed by atoms with Crippen molar-refractivity contribution in [1.29, 1.82) is 0 Å². The summed E-state index contributed by atoms with van der Waals surface area (Å²) in [5.74, 6) is -1.01. The third-order valence-corrected chi connectivity index (χ3v) is 2.29. The maximum absolute atomic E-state index is 11.5. The Labute approximate surface area is 105 Å². The molecule has 0 aliphatic rings. The summed E-state index contributed by atoms with van der Waals surface area (Å²) in [6.07, 6.45) is 2.59. The van der Waals surface area contributed by atoms with Crippen LogP contribution >= 0.6 is 0 Å². The molecule has 0 bridgehead atoms. The molecule has 96 valence electrons. The number of carbonyl (C=O) groups is 2. The van der Waals surface area contributed by atoms with Crippen LogP contribution in [0, 0.1) is 0 Å². The summed E-state index contributed by atoms with van der Waals surface area (Å²) in [6.45, 7) is 3.53. The number of carboxylic acids is 1. The number of hydrogen-bond acceptors (Lipinski definition) is 3. The summed E-state index contributed by atoms with van der Waals surface area (Å²) in [6, 6.07) is 4.40. The molecule has 5 heteroatoms. The SMILES string of the molecule is C=CCCC(=O)Nc1ccc(C(=O)O)c(OC)c1. The van der Waals surface area contributed by atoms with Crippen molar-refractivity contribution >= 4 is 17.6 Å². The highest BCUT2D eigenvalue weighted by molar-refractivity contribution is 5.94. The number of amides is 1. The molecule has 0 aliphatic carbocycles. The molecule has 0 radical (unpaired) electrons. The van der Waals surface area contributed by atoms with Crippen LogP contribution in [0.5, 0.6) is 5.75 Å². The van der Waals surface area contributed by atoms with Crippen molar-refractivity contribution in [2.75, 3.05) is 12.4 Å². The fraction of sp³-hybridized carbons (Fsp3) is 0.231. The van der Waals surface area contributed by atoms with E-state index in [9.17, 15) is 9.59 Å². The molecule has 0 saturated heterocycles. The summed E-state index contributed by atoms with van der Waals surface area (Å²) in [4.78, 5) is 22.4. The highest BCUT2D eigenvalue weighted by Gasteiger charge is 2.12. The number of carboxylic acid groups (broad SMARTS) is 1. The first-order valence-corrected chi connectivity index (χ1v) is 5.40. The van der Waals surface area contributed by atoms with E-state index in [0.717, 1.165) is 0 Å². The highest BCUT2D eigenvalue weighted by atomic mass is 16.5. The van der Waals surface area contributed by atoms with E-state index < -0.39 is 5.97 Å². The molecule has 0 saturated carbocycles. The van der Waals surface area contributed by atoms with Gasteiger partial charge in [-0.2, -0.15) is 0 Å². The zero-order chi connectivity index (χ0) is 13.5. The topological polar surface area (TPSA) is 75.6 Å². The average molecular weight is 249 g/mol. The molecule has 0 atom stereocenters. The van der Waals surface area contributed by atoms with Gasteiger partial charge in [-0.3, -0.25) is 4.79 Å². The maximum Gasteiger partial charge on any atom is 0.339 e. The van der Waals surface area contributed by atoms with Crippen LogP contribution in [-0.2, 0) is 4.79 Å². The summed E-state index contributed by atoms with van der Waals surface area (Å²) < 4.78 is 4.96. The van der Waals surface area contributed by atoms with Gasteiger partial charge >= 0.3 is 5.97 Å². The van der Waals surface area contributed by atoms with Crippen LogP contribution in [0.1, 0.15) is 23.2 Å². The standard InChI is InChI=1S/C13H15NO4/c1-3-4-5-12(15)14-9-6-7-10(13(16)17)11(8-9)18-2/h3,6-8H,1,4-5H2,2H3,(H,14,15)(H,16,17). The summed E-state index contributed by atoms with van der Waals surface area (Å²) in [5.41, 5.74) is 0.563. The highest BCUT2D eigenvalue weighted by Crippen LogP contribution is 2.23. The maximum atomic E-state index is 11.5. The summed E-state index contributed by atoms with van der Waals surface area (Å²) in [5, 5.41) is 11.6. The summed E-state index contributed by atoms with van der Waals surface area (Å²) >= 11 is 0. The number of aromatic carboxylic acids is 1. The number of allylic oxidation sites excluding steroid dienone is 1. The minimum absolute atomic E-state index is 0.0570. The molecule has 0 fully saturated rings. The molecule has 0 aliphatic heterocycles. The van der Waals surface area contributed by atoms with Gasteiger partial charge in [-0.25, -0.2) is 4.79 Å². The normalized spacial score (nSPS) is 9.61. The van der Waals surface area contributed by atoms with Crippen molar-refractivity contribution in [3.8, 4) is 5.75 Å². The molecular weight excluding hydrogens is 234 g/mol. The lowest BCUT2D eigenvalue weighted by atomic mass is 10.1. The molecular formula is C13H15NO4. The molecule has 18 heavy (non-hydrogen) atoms. The Morgan fingerprint density at radius 2 is 2.22 bits per heavy atom. The zero-order valence-corrected chi connectivity index (χ0v) is 10.1. The van der Waals surface area contributed by atoms with E-state index in [1.165, 1.54) is 25.3 Å². The number of hydrogen-bond donors (Lipinski definition) is 2. The lowest BCUT2D eigenvalue weighted by Crippen LogP contribution is -2.11. The van der Waals surface area contributed by atoms with Crippen molar-refractivity contribution in [3.63, 3.8) is 0 Å². The Morgan fingerprint density at radius 3 is 2.78 bits per heavy atom. The van der Waals surface area contributed by atoms with Gasteiger partial charge in [-0.1, -0.05) is 6.08 Å². The van der Waals surface area contributed by atoms with Crippen LogP contribution in [0.2, 0.25) is 0 Å². The molecule has 1 aromatic rings. The predicted molar refractivity (Wildman–Crippen MR) is 68.0 cm³/mol. The van der Waals surface area contributed by atoms with Gasteiger partial charge in [0.2, 0.25) is 5.91 Å². The minimum atomic E-state index is -1.07. The van der Waals surface area contributed by atoms with E-state index in [1.807, 2.05) is 0 Å². The van der Waals surface area contributed by atoms with Gasteiger partial charge in [0, 0.05) is 18.2 Å². The zero-order valence-electron chi connectivity index (χ0n) is 10.1. The third-order valence-electron chi connectivity index (χ3n) is 2.29. The second-order valence-electron chi connectivity index (χ2n) is 3.60. The van der Waals surface area contributed by atoms with Crippen LogP contribution in [0.25, 0.3) is 0 Å². The van der Waals surface area contributed by atoms with Crippen LogP contribution < -0.4 is 10.1 Å². The molecule has 5 nitrogen and oxygen atoms in total. The average Bonchev–Trinajstić information content (AvgIpc) is 2.35. The van der Waals surface area contributed by atoms with E-state index in [4.69, 9.17) is 9.84 Å². The lowest BCUT2D eigenvalue weighted by molar-refractivity contribution is -0.116. The Balaban J connectivity index is 2.82. The molecule has 1 rings (SSSR count). The molecule has 0 spiro atoms. The Bertz CT molecular complexity index is 468. The number of rotatable bonds is 6. The second kappa shape index (κ2) is 6.44. The van der Waals surface area contributed by atoms with Gasteiger partial charge in [0.15, 0.2) is 0 Å². The third kappa shape index (κ3) is 3.62. The van der Waals surface area contributed by atoms with Gasteiger partial charge in [-0.05, 0) is 18.6 Å². The number of anilines is 1. The van der Waals surface area contributed by atoms with Crippen molar-refractivity contribution in [3.05, 3.63) is 36.4 Å². The fourth-order valence-corrected chi connectivity index (χ4v) is 1.40. The molecule has 0 unspecified atom stereocenters. The smallest absolute Gasteiger partial charge is 0.339 e. The first-order valence-electron chi connectivity index (χ1n) is 5.40. The van der Waals surface area contributed by atoms with Crippen LogP contribution in [0.3, 0.4) is 0 Å². The Morgan fingerprint density at radius 1 is 1.50 bits per heavy atom. The van der Waals surface area contributed by atoms with Crippen LogP contribution in [0.4, 0.5) is 5.69 Å². The molecule has 0 aromatic heterocycles. The fourth-order valence-electron chi connectivity index (χ4n) is 1.40. The number of ether oxygens (including phenoxy) is 1. The quantitative estimate of drug-likeness (QED) is 0.758. The van der Waals surface area contributed by atoms with E-state index in [1.54, 1.807) is 6.08 Å². The van der Waals surface area contributed by atoms with E-state index >= 15 is 0 Å². The minimum Gasteiger partial charge on any atom is -0.496 e. The predicted octanol–water partition coefficient (Wildman–Crippen LogP) is 2.30. The van der Waals surface area contributed by atoms with E-state index in [0.29, 0.717) is 18.5 Å². The Kier molecular flexibility index (Phi) is 4.92. The second-order valence-corrected chi connectivity index (χ2v) is 3.60. The first kappa shape index (κ1) is 13.8. The lowest BCUT2D eigenvalue weighted by Gasteiger charge is -2.09. The van der Waals surface area contributed by atoms with E-state index in [2.05, 4.69) is 11.9 Å². The summed E-state index contributed by atoms with van der Waals surface area (Å²) in [7, 11) is 1.38. The molecule has 1 amide bonds. The van der Waals surface area contributed by atoms with Crippen molar-refractivity contribution in [2.45, 2.75) is 12.8 Å². The first-order chi connectivity index (χ1) is 8.58. The Hall–Kier alpha value is -2.30. The molecule has 1 aromatic carbocycles. The van der Waals surface area contributed by atoms with Crippen LogP contribution in [0.15, 0.2) is 30.9 Å². The van der Waals surface area contributed by atoms with Crippen molar-refractivity contribution < 1.29 is 19.4 Å². The van der Waals surface area contributed by atoms with Gasteiger partial charge in [-0.15, -0.1) is 6.58 Å². The van der Waals surface area contributed by atoms with Gasteiger partial charge < -0.3 is 15.2 Å². The van der Waals surface area contributed by atoms with Gasteiger partial charge in [0.1, 0.15) is 11.3 Å². The van der Waals surface area contributed by atoms with Crippen LogP contribution in [-0.4, -0.2) is 24.1 Å². The molecule has 2 N–H and O–H groups in total. The largest absolute Gasteiger partial charge is 0.496 e. The molecule has 0 heterocycles. The van der Waals surface area contributed by atoms with Gasteiger partial charge in [0.05, 0.1) is 7.11 Å². The number of methoxy groups -OCH3 is 1. The van der Waals surface area contributed by atoms with Gasteiger partial charge in [0.25, 0.3) is 0 Å². The monoisotopic (exact) mass is 249 g/mol. The number of nitrogens with one attached hydrogen (secondary N) is 1. The van der Waals surface area contributed by atoms with Crippen molar-refractivity contribution in [1.82, 2.24) is 0 Å². The number of carbonyl (C=O) groups excluding carboxylic acids is 1. The van der Waals surface area contributed by atoms with E-state index in [-0.39, 0.29) is 17.2 Å². The number of benzene rings is 1.